The Balaban J connectivity index is 1.70. The third kappa shape index (κ3) is 3.16. The number of nitrogens with zero attached hydrogens (tertiary/aromatic N) is 1. The van der Waals surface area contributed by atoms with Gasteiger partial charge < -0.3 is 15.4 Å². The molecule has 0 radical (unpaired) electrons. The lowest BCUT2D eigenvalue weighted by Gasteiger charge is -2.17. The quantitative estimate of drug-likeness (QED) is 0.886. The number of likely N-dealkylation sites (tertiary alicyclic amines) is 1. The molecule has 2 aromatic rings. The largest absolute Gasteiger partial charge is 0.497 e. The lowest BCUT2D eigenvalue weighted by molar-refractivity contribution is 0.0791. The molecule has 1 aliphatic rings. The van der Waals surface area contributed by atoms with Crippen LogP contribution >= 0.6 is 0 Å². The van der Waals surface area contributed by atoms with E-state index in [-0.39, 0.29) is 5.91 Å². The molecule has 4 nitrogen and oxygen atoms in total. The third-order valence-corrected chi connectivity index (χ3v) is 4.59. The van der Waals surface area contributed by atoms with E-state index in [0.717, 1.165) is 30.8 Å². The van der Waals surface area contributed by atoms with Crippen molar-refractivity contribution in [2.45, 2.75) is 19.3 Å². The van der Waals surface area contributed by atoms with E-state index in [1.165, 1.54) is 5.56 Å². The van der Waals surface area contributed by atoms with Crippen LogP contribution in [-0.2, 0) is 0 Å². The molecule has 23 heavy (non-hydrogen) atoms. The predicted octanol–water partition coefficient (Wildman–Crippen LogP) is 3.22. The normalized spacial score (nSPS) is 17.3. The highest BCUT2D eigenvalue weighted by atomic mass is 16.5. The number of benzene rings is 2. The summed E-state index contributed by atoms with van der Waals surface area (Å²) in [6, 6.07) is 13.6. The van der Waals surface area contributed by atoms with E-state index >= 15 is 0 Å². The Morgan fingerprint density at radius 3 is 2.61 bits per heavy atom. The van der Waals surface area contributed by atoms with Gasteiger partial charge in [0.15, 0.2) is 0 Å². The molecule has 4 heteroatoms. The number of anilines is 1. The molecule has 0 aromatic heterocycles. The number of hydrogen-bond acceptors (Lipinski definition) is 3. The van der Waals surface area contributed by atoms with Gasteiger partial charge in [-0.15, -0.1) is 0 Å². The van der Waals surface area contributed by atoms with Gasteiger partial charge in [0.2, 0.25) is 0 Å². The summed E-state index contributed by atoms with van der Waals surface area (Å²) >= 11 is 0. The summed E-state index contributed by atoms with van der Waals surface area (Å²) < 4.78 is 5.19. The first-order chi connectivity index (χ1) is 11.1. The maximum Gasteiger partial charge on any atom is 0.253 e. The predicted molar refractivity (Wildman–Crippen MR) is 91.8 cm³/mol. The third-order valence-electron chi connectivity index (χ3n) is 4.59. The van der Waals surface area contributed by atoms with Gasteiger partial charge in [-0.05, 0) is 48.7 Å². The van der Waals surface area contributed by atoms with Gasteiger partial charge in [-0.3, -0.25) is 4.79 Å². The van der Waals surface area contributed by atoms with Crippen LogP contribution in [0.25, 0.3) is 0 Å². The second-order valence-corrected chi connectivity index (χ2v) is 6.08. The summed E-state index contributed by atoms with van der Waals surface area (Å²) in [7, 11) is 1.66. The Labute approximate surface area is 136 Å². The fourth-order valence-electron chi connectivity index (χ4n) is 3.05. The standard InChI is InChI=1S/C19H22N2O2/c1-13-3-4-15(11-18(13)20)19(22)21-10-9-16(12-21)14-5-7-17(23-2)8-6-14/h3-8,11,16H,9-10,12,20H2,1-2H3. The van der Waals surface area contributed by atoms with Crippen LogP contribution in [0.4, 0.5) is 5.69 Å². The van der Waals surface area contributed by atoms with Crippen molar-refractivity contribution >= 4 is 11.6 Å². The molecule has 1 fully saturated rings. The van der Waals surface area contributed by atoms with Crippen LogP contribution in [-0.4, -0.2) is 31.0 Å². The van der Waals surface area contributed by atoms with Crippen molar-refractivity contribution in [1.29, 1.82) is 0 Å². The Bertz CT molecular complexity index is 710. The van der Waals surface area contributed by atoms with E-state index in [4.69, 9.17) is 10.5 Å². The van der Waals surface area contributed by atoms with Crippen LogP contribution in [0.1, 0.15) is 33.8 Å². The first-order valence-electron chi connectivity index (χ1n) is 7.88. The number of nitrogens with two attached hydrogens (primary N) is 1. The van der Waals surface area contributed by atoms with Crippen LogP contribution in [0.15, 0.2) is 42.5 Å². The SMILES string of the molecule is COc1ccc(C2CCN(C(=O)c3ccc(C)c(N)c3)C2)cc1. The van der Waals surface area contributed by atoms with Crippen molar-refractivity contribution in [2.75, 3.05) is 25.9 Å². The topological polar surface area (TPSA) is 55.6 Å². The second-order valence-electron chi connectivity index (χ2n) is 6.08. The number of aryl methyl sites for hydroxylation is 1. The molecule has 1 unspecified atom stereocenters. The highest BCUT2D eigenvalue weighted by Gasteiger charge is 2.28. The summed E-state index contributed by atoms with van der Waals surface area (Å²) in [5, 5.41) is 0. The van der Waals surface area contributed by atoms with Crippen molar-refractivity contribution in [1.82, 2.24) is 4.90 Å². The van der Waals surface area contributed by atoms with E-state index < -0.39 is 0 Å². The fraction of sp³-hybridized carbons (Fsp3) is 0.316. The molecule has 1 atom stereocenters. The molecule has 0 bridgehead atoms. The van der Waals surface area contributed by atoms with Crippen LogP contribution < -0.4 is 10.5 Å². The molecule has 0 saturated carbocycles. The Kier molecular flexibility index (Phi) is 4.24. The van der Waals surface area contributed by atoms with Gasteiger partial charge in [-0.2, -0.15) is 0 Å². The molecular formula is C19H22N2O2. The van der Waals surface area contributed by atoms with Crippen LogP contribution in [0.5, 0.6) is 5.75 Å². The number of nitrogen functional groups attached to an aromatic ring is 1. The number of amides is 1. The van der Waals surface area contributed by atoms with Crippen molar-refractivity contribution in [3.8, 4) is 5.75 Å². The minimum atomic E-state index is 0.0627. The van der Waals surface area contributed by atoms with Crippen LogP contribution in [0.3, 0.4) is 0 Å². The van der Waals surface area contributed by atoms with Gasteiger partial charge >= 0.3 is 0 Å². The summed E-state index contributed by atoms with van der Waals surface area (Å²) in [6.45, 7) is 3.47. The second kappa shape index (κ2) is 6.32. The van der Waals surface area contributed by atoms with Gasteiger partial charge in [-0.1, -0.05) is 18.2 Å². The number of carbonyl (C=O) groups is 1. The number of ether oxygens (including phenoxy) is 1. The van der Waals surface area contributed by atoms with E-state index in [1.807, 2.05) is 36.1 Å². The lowest BCUT2D eigenvalue weighted by Crippen LogP contribution is -2.28. The average molecular weight is 310 g/mol. The number of rotatable bonds is 3. The Hall–Kier alpha value is -2.49. The van der Waals surface area contributed by atoms with Gasteiger partial charge in [0.1, 0.15) is 5.75 Å². The van der Waals surface area contributed by atoms with Crippen LogP contribution in [0, 0.1) is 6.92 Å². The highest BCUT2D eigenvalue weighted by molar-refractivity contribution is 5.95. The summed E-state index contributed by atoms with van der Waals surface area (Å²) in [5.74, 6) is 1.30. The van der Waals surface area contributed by atoms with Crippen LogP contribution in [0.2, 0.25) is 0 Å². The summed E-state index contributed by atoms with van der Waals surface area (Å²) in [5.41, 5.74) is 9.51. The first kappa shape index (κ1) is 15.4. The molecule has 2 N–H and O–H groups in total. The van der Waals surface area contributed by atoms with Crippen molar-refractivity contribution in [3.05, 3.63) is 59.2 Å². The maximum absolute atomic E-state index is 12.6. The van der Waals surface area contributed by atoms with Crippen molar-refractivity contribution in [2.24, 2.45) is 0 Å². The molecular weight excluding hydrogens is 288 g/mol. The summed E-state index contributed by atoms with van der Waals surface area (Å²) in [6.07, 6.45) is 0.986. The minimum absolute atomic E-state index is 0.0627. The molecule has 3 rings (SSSR count). The first-order valence-corrected chi connectivity index (χ1v) is 7.88. The zero-order valence-corrected chi connectivity index (χ0v) is 13.6. The van der Waals surface area contributed by atoms with E-state index in [1.54, 1.807) is 13.2 Å². The van der Waals surface area contributed by atoms with Gasteiger partial charge in [-0.25, -0.2) is 0 Å². The van der Waals surface area contributed by atoms with Gasteiger partial charge in [0, 0.05) is 30.3 Å². The van der Waals surface area contributed by atoms with Gasteiger partial charge in [0.25, 0.3) is 5.91 Å². The van der Waals surface area contributed by atoms with E-state index in [2.05, 4.69) is 12.1 Å². The van der Waals surface area contributed by atoms with E-state index in [9.17, 15) is 4.79 Å². The smallest absolute Gasteiger partial charge is 0.253 e. The fourth-order valence-corrected chi connectivity index (χ4v) is 3.05. The lowest BCUT2D eigenvalue weighted by atomic mass is 9.98. The Morgan fingerprint density at radius 2 is 1.96 bits per heavy atom. The molecule has 1 aliphatic heterocycles. The Morgan fingerprint density at radius 1 is 1.22 bits per heavy atom. The van der Waals surface area contributed by atoms with Crippen molar-refractivity contribution in [3.63, 3.8) is 0 Å². The molecule has 1 amide bonds. The molecule has 1 saturated heterocycles. The minimum Gasteiger partial charge on any atom is -0.497 e. The van der Waals surface area contributed by atoms with Gasteiger partial charge in [0.05, 0.1) is 7.11 Å². The average Bonchev–Trinajstić information content (AvgIpc) is 3.07. The molecule has 0 aliphatic carbocycles. The molecule has 1 heterocycles. The molecule has 120 valence electrons. The van der Waals surface area contributed by atoms with Crippen molar-refractivity contribution < 1.29 is 9.53 Å². The number of hydrogen-bond donors (Lipinski definition) is 1. The number of carbonyl (C=O) groups excluding carboxylic acids is 1. The van der Waals surface area contributed by atoms with E-state index in [0.29, 0.717) is 17.2 Å². The zero-order chi connectivity index (χ0) is 16.4. The monoisotopic (exact) mass is 310 g/mol. The highest BCUT2D eigenvalue weighted by Crippen LogP contribution is 2.29. The zero-order valence-electron chi connectivity index (χ0n) is 13.6. The maximum atomic E-state index is 12.6. The molecule has 0 spiro atoms. The summed E-state index contributed by atoms with van der Waals surface area (Å²) in [4.78, 5) is 14.6. The number of methoxy groups -OCH3 is 1. The molecule has 2 aromatic carbocycles.